The van der Waals surface area contributed by atoms with E-state index in [1.54, 1.807) is 4.90 Å². The summed E-state index contributed by atoms with van der Waals surface area (Å²) in [6.45, 7) is 4.77. The second-order valence-corrected chi connectivity index (χ2v) is 6.06. The van der Waals surface area contributed by atoms with Crippen LogP contribution in [0.25, 0.3) is 0 Å². The topological polar surface area (TPSA) is 49.4 Å². The van der Waals surface area contributed by atoms with Crippen LogP contribution in [0.4, 0.5) is 11.4 Å². The highest BCUT2D eigenvalue weighted by Crippen LogP contribution is 2.31. The number of anilines is 2. The van der Waals surface area contributed by atoms with Gasteiger partial charge in [-0.1, -0.05) is 25.5 Å². The van der Waals surface area contributed by atoms with Gasteiger partial charge in [-0.05, 0) is 54.8 Å². The molecule has 0 spiro atoms. The lowest BCUT2D eigenvalue weighted by atomic mass is 10.1. The minimum absolute atomic E-state index is 0.113. The second kappa shape index (κ2) is 6.87. The van der Waals surface area contributed by atoms with Crippen molar-refractivity contribution in [3.05, 3.63) is 59.2 Å². The molecule has 0 atom stereocenters. The monoisotopic (exact) mass is 322 g/mol. The number of carbonyl (C=O) groups excluding carboxylic acids is 2. The van der Waals surface area contributed by atoms with Crippen LogP contribution in [0.15, 0.2) is 42.5 Å². The number of hydrogen-bond acceptors (Lipinski definition) is 2. The minimum Gasteiger partial charge on any atom is -0.322 e. The van der Waals surface area contributed by atoms with Gasteiger partial charge in [-0.25, -0.2) is 0 Å². The third-order valence-electron chi connectivity index (χ3n) is 4.34. The lowest BCUT2D eigenvalue weighted by Gasteiger charge is -2.15. The van der Waals surface area contributed by atoms with Crippen LogP contribution in [0.5, 0.6) is 0 Å². The Morgan fingerprint density at radius 1 is 1.12 bits per heavy atom. The molecule has 2 amide bonds. The van der Waals surface area contributed by atoms with Gasteiger partial charge < -0.3 is 10.2 Å². The van der Waals surface area contributed by atoms with Gasteiger partial charge in [0.2, 0.25) is 5.91 Å². The number of nitrogens with one attached hydrogen (secondary N) is 1. The molecule has 0 radical (unpaired) electrons. The van der Waals surface area contributed by atoms with Crippen molar-refractivity contribution in [3.63, 3.8) is 0 Å². The van der Waals surface area contributed by atoms with Crippen LogP contribution in [-0.2, 0) is 17.6 Å². The molecule has 0 unspecified atom stereocenters. The van der Waals surface area contributed by atoms with Crippen molar-refractivity contribution >= 4 is 23.2 Å². The summed E-state index contributed by atoms with van der Waals surface area (Å²) < 4.78 is 0. The zero-order valence-electron chi connectivity index (χ0n) is 14.1. The van der Waals surface area contributed by atoms with E-state index >= 15 is 0 Å². The van der Waals surface area contributed by atoms with E-state index in [0.717, 1.165) is 29.8 Å². The molecule has 4 nitrogen and oxygen atoms in total. The zero-order valence-corrected chi connectivity index (χ0v) is 14.1. The Kier molecular flexibility index (Phi) is 4.65. The normalized spacial score (nSPS) is 13.1. The van der Waals surface area contributed by atoms with E-state index in [1.807, 2.05) is 49.4 Å². The Morgan fingerprint density at radius 3 is 2.54 bits per heavy atom. The van der Waals surface area contributed by atoms with E-state index in [9.17, 15) is 9.59 Å². The quantitative estimate of drug-likeness (QED) is 0.910. The maximum Gasteiger partial charge on any atom is 0.255 e. The van der Waals surface area contributed by atoms with Crippen molar-refractivity contribution in [2.75, 3.05) is 16.8 Å². The Bertz CT molecular complexity index is 766. The molecule has 0 aliphatic carbocycles. The summed E-state index contributed by atoms with van der Waals surface area (Å²) in [6, 6.07) is 13.4. The van der Waals surface area contributed by atoms with Crippen LogP contribution in [-0.4, -0.2) is 18.4 Å². The molecule has 0 saturated heterocycles. The van der Waals surface area contributed by atoms with Crippen LogP contribution in [0.1, 0.15) is 41.8 Å². The summed E-state index contributed by atoms with van der Waals surface area (Å²) in [4.78, 5) is 26.1. The second-order valence-electron chi connectivity index (χ2n) is 6.06. The van der Waals surface area contributed by atoms with Gasteiger partial charge in [0.25, 0.3) is 5.91 Å². The standard InChI is InChI=1S/C20H22N2O2/c1-3-5-14-6-8-15(9-7-14)20(24)21-17-10-11-18-16(12-17)13-19(23)22(18)4-2/h6-12H,3-5,13H2,1-2H3,(H,21,24). The molecule has 1 N–H and O–H groups in total. The number of rotatable bonds is 5. The molecule has 4 heteroatoms. The minimum atomic E-state index is -0.130. The van der Waals surface area contributed by atoms with Crippen LogP contribution in [0.2, 0.25) is 0 Å². The van der Waals surface area contributed by atoms with Crippen LogP contribution in [0, 0.1) is 0 Å². The van der Waals surface area contributed by atoms with Gasteiger partial charge in [0.15, 0.2) is 0 Å². The van der Waals surface area contributed by atoms with Crippen molar-refractivity contribution < 1.29 is 9.59 Å². The fraction of sp³-hybridized carbons (Fsp3) is 0.300. The highest BCUT2D eigenvalue weighted by atomic mass is 16.2. The molecule has 24 heavy (non-hydrogen) atoms. The number of carbonyl (C=O) groups is 2. The van der Waals surface area contributed by atoms with Crippen LogP contribution in [0.3, 0.4) is 0 Å². The number of aryl methyl sites for hydroxylation is 1. The summed E-state index contributed by atoms with van der Waals surface area (Å²) in [5.74, 6) is -0.0165. The van der Waals surface area contributed by atoms with E-state index in [1.165, 1.54) is 5.56 Å². The first-order valence-electron chi connectivity index (χ1n) is 8.46. The lowest BCUT2D eigenvalue weighted by Crippen LogP contribution is -2.25. The third kappa shape index (κ3) is 3.18. The van der Waals surface area contributed by atoms with Gasteiger partial charge in [-0.2, -0.15) is 0 Å². The molecule has 1 heterocycles. The van der Waals surface area contributed by atoms with Crippen LogP contribution >= 0.6 is 0 Å². The molecule has 3 rings (SSSR count). The summed E-state index contributed by atoms with van der Waals surface area (Å²) in [7, 11) is 0. The molecule has 124 valence electrons. The fourth-order valence-electron chi connectivity index (χ4n) is 3.12. The van der Waals surface area contributed by atoms with Crippen molar-refractivity contribution in [1.29, 1.82) is 0 Å². The van der Waals surface area contributed by atoms with Gasteiger partial charge in [0.1, 0.15) is 0 Å². The van der Waals surface area contributed by atoms with Gasteiger partial charge in [0, 0.05) is 23.5 Å². The van der Waals surface area contributed by atoms with E-state index in [2.05, 4.69) is 12.2 Å². The Balaban J connectivity index is 1.73. The van der Waals surface area contributed by atoms with E-state index in [-0.39, 0.29) is 11.8 Å². The highest BCUT2D eigenvalue weighted by Gasteiger charge is 2.26. The molecular weight excluding hydrogens is 300 g/mol. The first kappa shape index (κ1) is 16.2. The molecule has 2 aromatic rings. The molecular formula is C20H22N2O2. The summed E-state index contributed by atoms with van der Waals surface area (Å²) in [5, 5.41) is 2.92. The average molecular weight is 322 g/mol. The van der Waals surface area contributed by atoms with E-state index in [0.29, 0.717) is 18.5 Å². The molecule has 1 aliphatic heterocycles. The van der Waals surface area contributed by atoms with Crippen molar-refractivity contribution in [2.45, 2.75) is 33.1 Å². The van der Waals surface area contributed by atoms with Crippen molar-refractivity contribution in [2.24, 2.45) is 0 Å². The van der Waals surface area contributed by atoms with Gasteiger partial charge in [0.05, 0.1) is 6.42 Å². The maximum absolute atomic E-state index is 12.4. The summed E-state index contributed by atoms with van der Waals surface area (Å²) in [6.07, 6.45) is 2.52. The van der Waals surface area contributed by atoms with Crippen LogP contribution < -0.4 is 10.2 Å². The molecule has 2 aromatic carbocycles. The molecule has 1 aliphatic rings. The molecule has 0 bridgehead atoms. The first-order valence-corrected chi connectivity index (χ1v) is 8.46. The van der Waals surface area contributed by atoms with Crippen molar-refractivity contribution in [3.8, 4) is 0 Å². The van der Waals surface area contributed by atoms with Gasteiger partial charge in [-0.15, -0.1) is 0 Å². The predicted octanol–water partition coefficient (Wildman–Crippen LogP) is 3.80. The lowest BCUT2D eigenvalue weighted by molar-refractivity contribution is -0.117. The SMILES string of the molecule is CCCc1ccc(C(=O)Nc2ccc3c(c2)CC(=O)N3CC)cc1. The largest absolute Gasteiger partial charge is 0.322 e. The third-order valence-corrected chi connectivity index (χ3v) is 4.34. The predicted molar refractivity (Wildman–Crippen MR) is 96.6 cm³/mol. The first-order chi connectivity index (χ1) is 11.6. The number of fused-ring (bicyclic) bond motifs is 1. The number of amides is 2. The number of hydrogen-bond donors (Lipinski definition) is 1. The smallest absolute Gasteiger partial charge is 0.255 e. The summed E-state index contributed by atoms with van der Waals surface area (Å²) >= 11 is 0. The Morgan fingerprint density at radius 2 is 1.88 bits per heavy atom. The Hall–Kier alpha value is -2.62. The van der Waals surface area contributed by atoms with Gasteiger partial charge >= 0.3 is 0 Å². The fourth-order valence-corrected chi connectivity index (χ4v) is 3.12. The Labute approximate surface area is 142 Å². The van der Waals surface area contributed by atoms with E-state index < -0.39 is 0 Å². The zero-order chi connectivity index (χ0) is 17.1. The molecule has 0 aromatic heterocycles. The van der Waals surface area contributed by atoms with Gasteiger partial charge in [-0.3, -0.25) is 9.59 Å². The highest BCUT2D eigenvalue weighted by molar-refractivity contribution is 6.05. The number of benzene rings is 2. The molecule has 0 fully saturated rings. The average Bonchev–Trinajstić information content (AvgIpc) is 2.90. The summed E-state index contributed by atoms with van der Waals surface area (Å²) in [5.41, 5.74) is 4.52. The van der Waals surface area contributed by atoms with Crippen molar-refractivity contribution in [1.82, 2.24) is 0 Å². The van der Waals surface area contributed by atoms with E-state index in [4.69, 9.17) is 0 Å². The number of nitrogens with zero attached hydrogens (tertiary/aromatic N) is 1. The number of likely N-dealkylation sites (N-methyl/N-ethyl adjacent to an activating group) is 1. The molecule has 0 saturated carbocycles. The maximum atomic E-state index is 12.4.